The molecule has 0 aliphatic carbocycles. The van der Waals surface area contributed by atoms with Crippen LogP contribution in [0.15, 0.2) is 4.52 Å². The van der Waals surface area contributed by atoms with Gasteiger partial charge in [-0.25, -0.2) is 0 Å². The molecule has 1 rings (SSSR count). The van der Waals surface area contributed by atoms with Crippen molar-refractivity contribution in [1.29, 1.82) is 0 Å². The quantitative estimate of drug-likeness (QED) is 0.770. The molecule has 0 aliphatic heterocycles. The molecule has 1 N–H and O–H groups in total. The predicted octanol–water partition coefficient (Wildman–Crippen LogP) is 3.46. The molecule has 4 nitrogen and oxygen atoms in total. The van der Waals surface area contributed by atoms with Gasteiger partial charge in [0.15, 0.2) is 5.82 Å². The standard InChI is InChI=1S/C14H27N3O/c1-6-9-15-11(5)12(8-3)14-16-13(17-18-14)10(4)7-2/h10-12,15H,6-9H2,1-5H3. The Morgan fingerprint density at radius 2 is 1.89 bits per heavy atom. The highest BCUT2D eigenvalue weighted by Crippen LogP contribution is 2.24. The lowest BCUT2D eigenvalue weighted by atomic mass is 9.98. The van der Waals surface area contributed by atoms with Crippen LogP contribution in [0.3, 0.4) is 0 Å². The minimum absolute atomic E-state index is 0.307. The smallest absolute Gasteiger partial charge is 0.231 e. The maximum Gasteiger partial charge on any atom is 0.231 e. The van der Waals surface area contributed by atoms with Gasteiger partial charge in [0.2, 0.25) is 5.89 Å². The molecule has 3 unspecified atom stereocenters. The van der Waals surface area contributed by atoms with Gasteiger partial charge in [0.1, 0.15) is 0 Å². The van der Waals surface area contributed by atoms with E-state index < -0.39 is 0 Å². The molecule has 3 atom stereocenters. The third-order valence-electron chi connectivity index (χ3n) is 3.59. The van der Waals surface area contributed by atoms with E-state index >= 15 is 0 Å². The van der Waals surface area contributed by atoms with Gasteiger partial charge in [-0.1, -0.05) is 32.9 Å². The van der Waals surface area contributed by atoms with Crippen LogP contribution in [0.2, 0.25) is 0 Å². The number of rotatable bonds is 8. The number of nitrogens with one attached hydrogen (secondary N) is 1. The summed E-state index contributed by atoms with van der Waals surface area (Å²) in [4.78, 5) is 4.56. The first-order valence-corrected chi connectivity index (χ1v) is 7.20. The van der Waals surface area contributed by atoms with Gasteiger partial charge in [0, 0.05) is 12.0 Å². The Kier molecular flexibility index (Phi) is 6.33. The van der Waals surface area contributed by atoms with Crippen LogP contribution >= 0.6 is 0 Å². The average Bonchev–Trinajstić information content (AvgIpc) is 2.85. The molecule has 1 aromatic rings. The molecule has 0 saturated carbocycles. The summed E-state index contributed by atoms with van der Waals surface area (Å²) in [7, 11) is 0. The van der Waals surface area contributed by atoms with Gasteiger partial charge in [-0.05, 0) is 32.7 Å². The first-order valence-electron chi connectivity index (χ1n) is 7.20. The van der Waals surface area contributed by atoms with E-state index in [0.29, 0.717) is 17.9 Å². The van der Waals surface area contributed by atoms with E-state index in [1.54, 1.807) is 0 Å². The molecule has 4 heteroatoms. The number of hydrogen-bond acceptors (Lipinski definition) is 4. The number of hydrogen-bond donors (Lipinski definition) is 1. The summed E-state index contributed by atoms with van der Waals surface area (Å²) in [6.07, 6.45) is 3.20. The highest BCUT2D eigenvalue weighted by Gasteiger charge is 2.24. The van der Waals surface area contributed by atoms with Gasteiger partial charge in [0.25, 0.3) is 0 Å². The predicted molar refractivity (Wildman–Crippen MR) is 73.8 cm³/mol. The Balaban J connectivity index is 2.72. The molecule has 0 fully saturated rings. The average molecular weight is 253 g/mol. The Labute approximate surface area is 111 Å². The zero-order valence-corrected chi connectivity index (χ0v) is 12.4. The SMILES string of the molecule is CCCNC(C)C(CC)c1nc(C(C)CC)no1. The molecular weight excluding hydrogens is 226 g/mol. The number of aromatic nitrogens is 2. The summed E-state index contributed by atoms with van der Waals surface area (Å²) >= 11 is 0. The Morgan fingerprint density at radius 3 is 2.44 bits per heavy atom. The second kappa shape index (κ2) is 7.52. The van der Waals surface area contributed by atoms with Crippen LogP contribution in [0.1, 0.15) is 77.4 Å². The zero-order valence-electron chi connectivity index (χ0n) is 12.4. The molecule has 0 aliphatic rings. The fourth-order valence-electron chi connectivity index (χ4n) is 2.04. The van der Waals surface area contributed by atoms with E-state index in [1.807, 2.05) is 0 Å². The minimum Gasteiger partial charge on any atom is -0.339 e. The van der Waals surface area contributed by atoms with Crippen LogP contribution in [-0.2, 0) is 0 Å². The fraction of sp³-hybridized carbons (Fsp3) is 0.857. The first-order chi connectivity index (χ1) is 8.63. The van der Waals surface area contributed by atoms with Crippen LogP contribution in [0.4, 0.5) is 0 Å². The van der Waals surface area contributed by atoms with Gasteiger partial charge in [-0.15, -0.1) is 0 Å². The van der Waals surface area contributed by atoms with Crippen molar-refractivity contribution >= 4 is 0 Å². The van der Waals surface area contributed by atoms with Crippen molar-refractivity contribution in [3.8, 4) is 0 Å². The van der Waals surface area contributed by atoms with Gasteiger partial charge in [0.05, 0.1) is 5.92 Å². The Bertz CT molecular complexity index is 338. The van der Waals surface area contributed by atoms with Gasteiger partial charge >= 0.3 is 0 Å². The van der Waals surface area contributed by atoms with Crippen molar-refractivity contribution < 1.29 is 4.52 Å². The van der Waals surface area contributed by atoms with E-state index in [4.69, 9.17) is 4.52 Å². The molecule has 104 valence electrons. The second-order valence-electron chi connectivity index (χ2n) is 5.06. The van der Waals surface area contributed by atoms with Gasteiger partial charge < -0.3 is 9.84 Å². The molecule has 0 radical (unpaired) electrons. The molecular formula is C14H27N3O. The molecule has 0 aromatic carbocycles. The third kappa shape index (κ3) is 3.80. The molecule has 0 amide bonds. The lowest BCUT2D eigenvalue weighted by Gasteiger charge is -2.20. The highest BCUT2D eigenvalue weighted by atomic mass is 16.5. The van der Waals surface area contributed by atoms with Crippen molar-refractivity contribution in [1.82, 2.24) is 15.5 Å². The first kappa shape index (κ1) is 15.2. The maximum atomic E-state index is 5.44. The van der Waals surface area contributed by atoms with E-state index in [-0.39, 0.29) is 0 Å². The largest absolute Gasteiger partial charge is 0.339 e. The lowest BCUT2D eigenvalue weighted by Crippen LogP contribution is -2.32. The van der Waals surface area contributed by atoms with E-state index in [9.17, 15) is 0 Å². The van der Waals surface area contributed by atoms with Gasteiger partial charge in [-0.2, -0.15) is 4.98 Å². The van der Waals surface area contributed by atoms with E-state index in [0.717, 1.165) is 37.5 Å². The fourth-order valence-corrected chi connectivity index (χ4v) is 2.04. The van der Waals surface area contributed by atoms with Crippen molar-refractivity contribution in [3.63, 3.8) is 0 Å². The van der Waals surface area contributed by atoms with Crippen LogP contribution in [0.5, 0.6) is 0 Å². The monoisotopic (exact) mass is 253 g/mol. The molecule has 1 aromatic heterocycles. The molecule has 0 spiro atoms. The van der Waals surface area contributed by atoms with E-state index in [1.165, 1.54) is 0 Å². The highest BCUT2D eigenvalue weighted by molar-refractivity contribution is 5.00. The third-order valence-corrected chi connectivity index (χ3v) is 3.59. The van der Waals surface area contributed by atoms with Crippen LogP contribution in [0, 0.1) is 0 Å². The van der Waals surface area contributed by atoms with Crippen LogP contribution in [-0.4, -0.2) is 22.7 Å². The summed E-state index contributed by atoms with van der Waals surface area (Å²) in [5, 5.41) is 7.61. The molecule has 0 saturated heterocycles. The van der Waals surface area contributed by atoms with Gasteiger partial charge in [-0.3, -0.25) is 0 Å². The second-order valence-corrected chi connectivity index (χ2v) is 5.06. The summed E-state index contributed by atoms with van der Waals surface area (Å²) in [5.41, 5.74) is 0. The normalized spacial score (nSPS) is 16.5. The van der Waals surface area contributed by atoms with Crippen LogP contribution < -0.4 is 5.32 Å². The Hall–Kier alpha value is -0.900. The summed E-state index contributed by atoms with van der Waals surface area (Å²) in [6.45, 7) is 11.8. The summed E-state index contributed by atoms with van der Waals surface area (Å²) in [6, 6.07) is 0.375. The zero-order chi connectivity index (χ0) is 13.5. The lowest BCUT2D eigenvalue weighted by molar-refractivity contribution is 0.313. The maximum absolute atomic E-state index is 5.44. The van der Waals surface area contributed by atoms with Crippen molar-refractivity contribution in [2.45, 2.75) is 71.8 Å². The molecule has 0 bridgehead atoms. The van der Waals surface area contributed by atoms with Crippen molar-refractivity contribution in [3.05, 3.63) is 11.7 Å². The molecule has 1 heterocycles. The number of nitrogens with zero attached hydrogens (tertiary/aromatic N) is 2. The van der Waals surface area contributed by atoms with Crippen molar-refractivity contribution in [2.24, 2.45) is 0 Å². The van der Waals surface area contributed by atoms with E-state index in [2.05, 4.69) is 50.1 Å². The van der Waals surface area contributed by atoms with Crippen molar-refractivity contribution in [2.75, 3.05) is 6.54 Å². The minimum atomic E-state index is 0.307. The molecule has 18 heavy (non-hydrogen) atoms. The summed E-state index contributed by atoms with van der Waals surface area (Å²) in [5.74, 6) is 2.30. The Morgan fingerprint density at radius 1 is 1.17 bits per heavy atom. The summed E-state index contributed by atoms with van der Waals surface area (Å²) < 4.78 is 5.44. The van der Waals surface area contributed by atoms with Crippen LogP contribution in [0.25, 0.3) is 0 Å². The topological polar surface area (TPSA) is 51.0 Å².